The zero-order valence-electron chi connectivity index (χ0n) is 45.8. The highest BCUT2D eigenvalue weighted by molar-refractivity contribution is 5.71. The van der Waals surface area contributed by atoms with Gasteiger partial charge in [-0.05, 0) is 83.5 Å². The number of carbonyl (C=O) groups is 3. The smallest absolute Gasteiger partial charge is 0.306 e. The van der Waals surface area contributed by atoms with Crippen LogP contribution in [0.4, 0.5) is 0 Å². The summed E-state index contributed by atoms with van der Waals surface area (Å²) in [6.45, 7) is 6.56. The molecule has 1 unspecified atom stereocenters. The number of ether oxygens (including phenoxy) is 3. The third-order valence-electron chi connectivity index (χ3n) is 13.0. The van der Waals surface area contributed by atoms with Gasteiger partial charge in [0, 0.05) is 19.3 Å². The Morgan fingerprint density at radius 2 is 0.551 bits per heavy atom. The number of rotatable bonds is 54. The van der Waals surface area contributed by atoms with E-state index in [1.807, 2.05) is 0 Å². The van der Waals surface area contributed by atoms with Gasteiger partial charge in [0.15, 0.2) is 6.10 Å². The summed E-state index contributed by atoms with van der Waals surface area (Å²) in [5.74, 6) is -0.895. The first-order chi connectivity index (χ1) is 34.0. The Labute approximate surface area is 428 Å². The summed E-state index contributed by atoms with van der Waals surface area (Å²) in [5, 5.41) is 0. The maximum Gasteiger partial charge on any atom is 0.306 e. The number of hydrogen-bond donors (Lipinski definition) is 0. The van der Waals surface area contributed by atoms with E-state index in [9.17, 15) is 14.4 Å². The lowest BCUT2D eigenvalue weighted by molar-refractivity contribution is -0.167. The number of esters is 3. The molecular weight excluding hydrogens is 853 g/mol. The van der Waals surface area contributed by atoms with Crippen LogP contribution in [-0.4, -0.2) is 37.2 Å². The Morgan fingerprint density at radius 3 is 0.899 bits per heavy atom. The molecule has 0 aliphatic heterocycles. The van der Waals surface area contributed by atoms with E-state index in [4.69, 9.17) is 14.2 Å². The number of allylic oxidation sites excluding steroid dienone is 10. The van der Waals surface area contributed by atoms with Crippen molar-refractivity contribution in [1.82, 2.24) is 0 Å². The molecule has 0 fully saturated rings. The normalized spacial score (nSPS) is 12.4. The van der Waals surface area contributed by atoms with E-state index in [0.717, 1.165) is 103 Å². The van der Waals surface area contributed by atoms with Crippen molar-refractivity contribution in [3.05, 3.63) is 60.8 Å². The molecule has 0 rings (SSSR count). The SMILES string of the molecule is CCC/C=C\C/C=C\CCCCCCCC(=O)OCC(COC(=O)CCCCCCCC/C=C\C/C=C\C/C=C\CCCCC)OC(=O)CCCCCCCCCCCCCCCCCCCCC. The lowest BCUT2D eigenvalue weighted by atomic mass is 10.0. The lowest BCUT2D eigenvalue weighted by Crippen LogP contribution is -2.30. The second-order valence-electron chi connectivity index (χ2n) is 19.9. The molecule has 0 saturated carbocycles. The summed E-state index contributed by atoms with van der Waals surface area (Å²) in [7, 11) is 0. The second kappa shape index (κ2) is 57.7. The van der Waals surface area contributed by atoms with Crippen molar-refractivity contribution in [2.75, 3.05) is 13.2 Å². The molecule has 69 heavy (non-hydrogen) atoms. The highest BCUT2D eigenvalue weighted by atomic mass is 16.6. The van der Waals surface area contributed by atoms with Gasteiger partial charge < -0.3 is 14.2 Å². The minimum absolute atomic E-state index is 0.0833. The van der Waals surface area contributed by atoms with Gasteiger partial charge in [-0.2, -0.15) is 0 Å². The van der Waals surface area contributed by atoms with Crippen LogP contribution in [0, 0.1) is 0 Å². The van der Waals surface area contributed by atoms with Gasteiger partial charge >= 0.3 is 17.9 Å². The van der Waals surface area contributed by atoms with Crippen molar-refractivity contribution in [1.29, 1.82) is 0 Å². The van der Waals surface area contributed by atoms with Crippen molar-refractivity contribution in [3.8, 4) is 0 Å². The van der Waals surface area contributed by atoms with Crippen molar-refractivity contribution >= 4 is 17.9 Å². The molecule has 0 aromatic rings. The molecule has 0 aromatic carbocycles. The van der Waals surface area contributed by atoms with Crippen molar-refractivity contribution < 1.29 is 28.6 Å². The fourth-order valence-corrected chi connectivity index (χ4v) is 8.49. The molecule has 0 spiro atoms. The van der Waals surface area contributed by atoms with Gasteiger partial charge in [-0.15, -0.1) is 0 Å². The molecular formula is C63H112O6. The van der Waals surface area contributed by atoms with Crippen molar-refractivity contribution in [2.24, 2.45) is 0 Å². The number of carbonyl (C=O) groups excluding carboxylic acids is 3. The van der Waals surface area contributed by atoms with Gasteiger partial charge in [0.05, 0.1) is 0 Å². The van der Waals surface area contributed by atoms with E-state index in [0.29, 0.717) is 19.3 Å². The van der Waals surface area contributed by atoms with Gasteiger partial charge in [0.1, 0.15) is 13.2 Å². The quantitative estimate of drug-likeness (QED) is 0.0262. The molecule has 6 heteroatoms. The molecule has 0 saturated heterocycles. The van der Waals surface area contributed by atoms with Crippen LogP contribution < -0.4 is 0 Å². The Kier molecular flexibility index (Phi) is 55.3. The van der Waals surface area contributed by atoms with Crippen LogP contribution in [0.3, 0.4) is 0 Å². The fraction of sp³-hybridized carbons (Fsp3) is 0.794. The largest absolute Gasteiger partial charge is 0.462 e. The first-order valence-corrected chi connectivity index (χ1v) is 29.8. The summed E-state index contributed by atoms with van der Waals surface area (Å²) in [4.78, 5) is 38.2. The van der Waals surface area contributed by atoms with E-state index in [2.05, 4.69) is 81.5 Å². The van der Waals surface area contributed by atoms with Crippen LogP contribution in [0.15, 0.2) is 60.8 Å². The van der Waals surface area contributed by atoms with E-state index >= 15 is 0 Å². The third kappa shape index (κ3) is 55.9. The molecule has 0 heterocycles. The van der Waals surface area contributed by atoms with Crippen LogP contribution in [-0.2, 0) is 28.6 Å². The van der Waals surface area contributed by atoms with Crippen LogP contribution >= 0.6 is 0 Å². The average Bonchev–Trinajstić information content (AvgIpc) is 3.35. The maximum atomic E-state index is 12.9. The molecule has 1 atom stereocenters. The summed E-state index contributed by atoms with van der Waals surface area (Å²) < 4.78 is 16.9. The first kappa shape index (κ1) is 66.1. The minimum Gasteiger partial charge on any atom is -0.462 e. The number of hydrogen-bond acceptors (Lipinski definition) is 6. The van der Waals surface area contributed by atoms with E-state index in [1.165, 1.54) is 161 Å². The van der Waals surface area contributed by atoms with Crippen LogP contribution in [0.25, 0.3) is 0 Å². The lowest BCUT2D eigenvalue weighted by Gasteiger charge is -2.18. The minimum atomic E-state index is -0.784. The zero-order chi connectivity index (χ0) is 50.0. The second-order valence-corrected chi connectivity index (χ2v) is 19.9. The van der Waals surface area contributed by atoms with E-state index < -0.39 is 6.10 Å². The molecule has 0 radical (unpaired) electrons. The monoisotopic (exact) mass is 965 g/mol. The van der Waals surface area contributed by atoms with Crippen LogP contribution in [0.5, 0.6) is 0 Å². The predicted octanol–water partition coefficient (Wildman–Crippen LogP) is 20.0. The standard InChI is InChI=1S/C63H112O6/c1-4-7-10-13-16-19-22-25-27-29-31-33-35-38-41-44-47-50-53-56-62(65)68-59-60(58-67-61(64)55-52-49-46-43-40-37-24-21-18-15-12-9-6-3)69-63(66)57-54-51-48-45-42-39-36-34-32-30-28-26-23-20-17-14-11-8-5-2/h12,15-16,19,21,24-25,27,31,33,60H,4-11,13-14,17-18,20,22-23,26,28-30,32,34-59H2,1-3H3/b15-12-,19-16-,24-21-,27-25-,33-31-. The molecule has 0 aliphatic rings. The Bertz CT molecular complexity index is 1250. The van der Waals surface area contributed by atoms with Crippen molar-refractivity contribution in [2.45, 2.75) is 309 Å². The van der Waals surface area contributed by atoms with Crippen molar-refractivity contribution in [3.63, 3.8) is 0 Å². The zero-order valence-corrected chi connectivity index (χ0v) is 45.8. The van der Waals surface area contributed by atoms with Gasteiger partial charge in [-0.3, -0.25) is 14.4 Å². The Balaban J connectivity index is 4.36. The number of unbranched alkanes of at least 4 members (excludes halogenated alkanes) is 33. The van der Waals surface area contributed by atoms with E-state index in [-0.39, 0.29) is 31.1 Å². The Morgan fingerprint density at radius 1 is 0.290 bits per heavy atom. The first-order valence-electron chi connectivity index (χ1n) is 29.8. The van der Waals surface area contributed by atoms with Gasteiger partial charge in [0.2, 0.25) is 0 Å². The molecule has 0 amide bonds. The summed E-state index contributed by atoms with van der Waals surface area (Å²) in [6, 6.07) is 0. The van der Waals surface area contributed by atoms with Crippen LogP contribution in [0.1, 0.15) is 303 Å². The summed E-state index contributed by atoms with van der Waals surface area (Å²) in [6.07, 6.45) is 72.1. The third-order valence-corrected chi connectivity index (χ3v) is 13.0. The molecule has 0 bridgehead atoms. The highest BCUT2D eigenvalue weighted by Gasteiger charge is 2.19. The maximum absolute atomic E-state index is 12.9. The van der Waals surface area contributed by atoms with Gasteiger partial charge in [-0.1, -0.05) is 261 Å². The predicted molar refractivity (Wildman–Crippen MR) is 298 cm³/mol. The average molecular weight is 966 g/mol. The fourth-order valence-electron chi connectivity index (χ4n) is 8.49. The topological polar surface area (TPSA) is 78.9 Å². The molecule has 0 N–H and O–H groups in total. The van der Waals surface area contributed by atoms with Gasteiger partial charge in [-0.25, -0.2) is 0 Å². The molecule has 6 nitrogen and oxygen atoms in total. The van der Waals surface area contributed by atoms with Gasteiger partial charge in [0.25, 0.3) is 0 Å². The van der Waals surface area contributed by atoms with E-state index in [1.54, 1.807) is 0 Å². The summed E-state index contributed by atoms with van der Waals surface area (Å²) >= 11 is 0. The molecule has 0 aliphatic carbocycles. The molecule has 400 valence electrons. The summed E-state index contributed by atoms with van der Waals surface area (Å²) in [5.41, 5.74) is 0. The molecule has 0 aromatic heterocycles. The highest BCUT2D eigenvalue weighted by Crippen LogP contribution is 2.16. The van der Waals surface area contributed by atoms with Crippen LogP contribution in [0.2, 0.25) is 0 Å². The Hall–Kier alpha value is -2.89.